The highest BCUT2D eigenvalue weighted by atomic mass is 79.9. The van der Waals surface area contributed by atoms with Gasteiger partial charge in [-0.1, -0.05) is 30.7 Å². The second kappa shape index (κ2) is 7.04. The monoisotopic (exact) mass is 338 g/mol. The van der Waals surface area contributed by atoms with Crippen LogP contribution in [0.15, 0.2) is 47.1 Å². The van der Waals surface area contributed by atoms with E-state index >= 15 is 0 Å². The lowest BCUT2D eigenvalue weighted by Gasteiger charge is -2.18. The molecule has 4 heteroatoms. The first-order chi connectivity index (χ1) is 9.20. The molecule has 1 aromatic carbocycles. The van der Waals surface area contributed by atoms with Crippen molar-refractivity contribution < 1.29 is 0 Å². The van der Waals surface area contributed by atoms with Gasteiger partial charge in [-0.2, -0.15) is 0 Å². The van der Waals surface area contributed by atoms with Gasteiger partial charge in [-0.15, -0.1) is 0 Å². The maximum Gasteiger partial charge on any atom is 0.0751 e. The van der Waals surface area contributed by atoms with Gasteiger partial charge in [0.2, 0.25) is 0 Å². The number of halogens is 2. The van der Waals surface area contributed by atoms with Crippen molar-refractivity contribution >= 4 is 27.5 Å². The highest BCUT2D eigenvalue weighted by Gasteiger charge is 2.14. The molecule has 0 aliphatic carbocycles. The molecule has 2 aromatic rings. The molecular weight excluding hydrogens is 324 g/mol. The van der Waals surface area contributed by atoms with Gasteiger partial charge in [0.1, 0.15) is 0 Å². The van der Waals surface area contributed by atoms with E-state index in [2.05, 4.69) is 33.2 Å². The highest BCUT2D eigenvalue weighted by Crippen LogP contribution is 2.23. The third kappa shape index (κ3) is 4.03. The van der Waals surface area contributed by atoms with Crippen LogP contribution in [0.5, 0.6) is 0 Å². The molecule has 1 heterocycles. The van der Waals surface area contributed by atoms with E-state index < -0.39 is 0 Å². The molecule has 0 aliphatic heterocycles. The second-order valence-electron chi connectivity index (χ2n) is 4.34. The van der Waals surface area contributed by atoms with Crippen LogP contribution in [0.25, 0.3) is 0 Å². The van der Waals surface area contributed by atoms with Crippen LogP contribution in [0.3, 0.4) is 0 Å². The zero-order valence-corrected chi connectivity index (χ0v) is 13.1. The summed E-state index contributed by atoms with van der Waals surface area (Å²) >= 11 is 9.36. The number of nitrogens with zero attached hydrogens (tertiary/aromatic N) is 1. The van der Waals surface area contributed by atoms with Crippen LogP contribution in [-0.4, -0.2) is 11.5 Å². The summed E-state index contributed by atoms with van der Waals surface area (Å²) in [7, 11) is 0. The van der Waals surface area contributed by atoms with Crippen molar-refractivity contribution in [1.82, 2.24) is 10.3 Å². The average molecular weight is 340 g/mol. The van der Waals surface area contributed by atoms with Gasteiger partial charge >= 0.3 is 0 Å². The molecule has 100 valence electrons. The average Bonchev–Trinajstić information content (AvgIpc) is 2.43. The van der Waals surface area contributed by atoms with Crippen LogP contribution >= 0.6 is 27.5 Å². The van der Waals surface area contributed by atoms with E-state index in [0.29, 0.717) is 0 Å². The Bertz CT molecular complexity index is 465. The standard InChI is InChI=1S/C15H16BrClN2/c1-2-9-18-15(11-3-6-13(17)7-4-11)14-8-5-12(16)10-19-14/h3-8,10,15,18H,2,9H2,1H3. The van der Waals surface area contributed by atoms with E-state index in [1.165, 1.54) is 5.56 Å². The molecule has 0 amide bonds. The van der Waals surface area contributed by atoms with Crippen molar-refractivity contribution in [3.05, 3.63) is 63.3 Å². The van der Waals surface area contributed by atoms with E-state index in [0.717, 1.165) is 28.2 Å². The molecule has 0 bridgehead atoms. The normalized spacial score (nSPS) is 12.4. The zero-order chi connectivity index (χ0) is 13.7. The minimum absolute atomic E-state index is 0.102. The number of hydrogen-bond acceptors (Lipinski definition) is 2. The minimum Gasteiger partial charge on any atom is -0.305 e. The maximum atomic E-state index is 5.95. The van der Waals surface area contributed by atoms with E-state index in [4.69, 9.17) is 11.6 Å². The fourth-order valence-electron chi connectivity index (χ4n) is 1.90. The number of aromatic nitrogens is 1. The molecule has 2 nitrogen and oxygen atoms in total. The van der Waals surface area contributed by atoms with Gasteiger partial charge in [-0.05, 0) is 58.7 Å². The number of pyridine rings is 1. The highest BCUT2D eigenvalue weighted by molar-refractivity contribution is 9.10. The first kappa shape index (κ1) is 14.5. The van der Waals surface area contributed by atoms with Gasteiger partial charge in [0.25, 0.3) is 0 Å². The minimum atomic E-state index is 0.102. The molecule has 0 saturated carbocycles. The van der Waals surface area contributed by atoms with Crippen LogP contribution in [0.1, 0.15) is 30.6 Å². The summed E-state index contributed by atoms with van der Waals surface area (Å²) in [6.45, 7) is 3.10. The topological polar surface area (TPSA) is 24.9 Å². The molecule has 1 N–H and O–H groups in total. The van der Waals surface area contributed by atoms with Crippen molar-refractivity contribution in [3.63, 3.8) is 0 Å². The van der Waals surface area contributed by atoms with Gasteiger partial charge in [-0.3, -0.25) is 4.98 Å². The van der Waals surface area contributed by atoms with Crippen LogP contribution in [0.4, 0.5) is 0 Å². The largest absolute Gasteiger partial charge is 0.305 e. The van der Waals surface area contributed by atoms with Crippen molar-refractivity contribution in [3.8, 4) is 0 Å². The third-order valence-corrected chi connectivity index (χ3v) is 3.57. The number of benzene rings is 1. The molecule has 1 atom stereocenters. The SMILES string of the molecule is CCCNC(c1ccc(Cl)cc1)c1ccc(Br)cn1. The van der Waals surface area contributed by atoms with E-state index in [-0.39, 0.29) is 6.04 Å². The lowest BCUT2D eigenvalue weighted by Crippen LogP contribution is -2.24. The van der Waals surface area contributed by atoms with Crippen molar-refractivity contribution in [2.24, 2.45) is 0 Å². The summed E-state index contributed by atoms with van der Waals surface area (Å²) in [5.41, 5.74) is 2.19. The van der Waals surface area contributed by atoms with Crippen LogP contribution in [0.2, 0.25) is 5.02 Å². The Hall–Kier alpha value is -0.900. The lowest BCUT2D eigenvalue weighted by atomic mass is 10.0. The number of nitrogens with one attached hydrogen (secondary N) is 1. The molecular formula is C15H16BrClN2. The van der Waals surface area contributed by atoms with Crippen molar-refractivity contribution in [2.45, 2.75) is 19.4 Å². The molecule has 0 saturated heterocycles. The van der Waals surface area contributed by atoms with Gasteiger partial charge in [0.05, 0.1) is 11.7 Å². The molecule has 1 unspecified atom stereocenters. The molecule has 19 heavy (non-hydrogen) atoms. The third-order valence-electron chi connectivity index (χ3n) is 2.85. The van der Waals surface area contributed by atoms with E-state index in [1.807, 2.05) is 42.6 Å². The van der Waals surface area contributed by atoms with Crippen molar-refractivity contribution in [2.75, 3.05) is 6.54 Å². The quantitative estimate of drug-likeness (QED) is 0.862. The van der Waals surface area contributed by atoms with E-state index in [9.17, 15) is 0 Å². The summed E-state index contributed by atoms with van der Waals surface area (Å²) in [4.78, 5) is 4.49. The van der Waals surface area contributed by atoms with Gasteiger partial charge in [0.15, 0.2) is 0 Å². The summed E-state index contributed by atoms with van der Waals surface area (Å²) in [6, 6.07) is 12.1. The first-order valence-electron chi connectivity index (χ1n) is 6.31. The molecule has 0 aliphatic rings. The van der Waals surface area contributed by atoms with Crippen LogP contribution in [0, 0.1) is 0 Å². The molecule has 2 rings (SSSR count). The smallest absolute Gasteiger partial charge is 0.0751 e. The fraction of sp³-hybridized carbons (Fsp3) is 0.267. The van der Waals surface area contributed by atoms with Crippen molar-refractivity contribution in [1.29, 1.82) is 0 Å². The number of rotatable bonds is 5. The maximum absolute atomic E-state index is 5.95. The van der Waals surface area contributed by atoms with Crippen LogP contribution in [-0.2, 0) is 0 Å². The Morgan fingerprint density at radius 2 is 1.95 bits per heavy atom. The summed E-state index contributed by atoms with van der Waals surface area (Å²) in [5, 5.41) is 4.27. The molecule has 0 fully saturated rings. The predicted molar refractivity (Wildman–Crippen MR) is 83.5 cm³/mol. The first-order valence-corrected chi connectivity index (χ1v) is 7.48. The van der Waals surface area contributed by atoms with E-state index in [1.54, 1.807) is 0 Å². The van der Waals surface area contributed by atoms with Gasteiger partial charge in [-0.25, -0.2) is 0 Å². The Morgan fingerprint density at radius 1 is 1.21 bits per heavy atom. The Labute approximate surface area is 127 Å². The van der Waals surface area contributed by atoms with Gasteiger partial charge in [0, 0.05) is 15.7 Å². The zero-order valence-electron chi connectivity index (χ0n) is 10.7. The van der Waals surface area contributed by atoms with Gasteiger partial charge < -0.3 is 5.32 Å². The van der Waals surface area contributed by atoms with Crippen LogP contribution < -0.4 is 5.32 Å². The summed E-state index contributed by atoms with van der Waals surface area (Å²) < 4.78 is 0.988. The second-order valence-corrected chi connectivity index (χ2v) is 5.69. The Kier molecular flexibility index (Phi) is 5.37. The molecule has 0 spiro atoms. The lowest BCUT2D eigenvalue weighted by molar-refractivity contribution is 0.586. The summed E-state index contributed by atoms with van der Waals surface area (Å²) in [6.07, 6.45) is 2.91. The Balaban J connectivity index is 2.29. The molecule has 0 radical (unpaired) electrons. The molecule has 1 aromatic heterocycles. The fourth-order valence-corrected chi connectivity index (χ4v) is 2.26. The number of hydrogen-bond donors (Lipinski definition) is 1. The Morgan fingerprint density at radius 3 is 2.53 bits per heavy atom. The summed E-state index contributed by atoms with van der Waals surface area (Å²) in [5.74, 6) is 0. The predicted octanol–water partition coefficient (Wildman–Crippen LogP) is 4.59.